The second-order valence-electron chi connectivity index (χ2n) is 8.35. The Morgan fingerprint density at radius 2 is 1.86 bits per heavy atom. The molecular weight excluding hydrogens is 552 g/mol. The molecule has 1 aliphatic rings. The van der Waals surface area contributed by atoms with Gasteiger partial charge in [-0.1, -0.05) is 28.1 Å². The molecule has 1 heterocycles. The Bertz CT molecular complexity index is 1260. The van der Waals surface area contributed by atoms with E-state index in [-0.39, 0.29) is 29.1 Å². The molecular formula is C25H29BrN2O7S. The molecule has 0 bridgehead atoms. The number of hydrogen-bond donors (Lipinski definition) is 1. The van der Waals surface area contributed by atoms with Crippen LogP contribution in [0.5, 0.6) is 11.5 Å². The largest absolute Gasteiger partial charge is 0.493 e. The number of carbonyl (C=O) groups excluding carboxylic acids is 3. The third-order valence-electron chi connectivity index (χ3n) is 5.65. The van der Waals surface area contributed by atoms with E-state index in [0.29, 0.717) is 30.1 Å². The Hall–Kier alpha value is -2.92. The summed E-state index contributed by atoms with van der Waals surface area (Å²) >= 11 is 3.33. The topological polar surface area (TPSA) is 119 Å². The van der Waals surface area contributed by atoms with Crippen LogP contribution in [0.2, 0.25) is 0 Å². The minimum absolute atomic E-state index is 0.0494. The SMILES string of the molecule is CCOc1cc(C(CS(C)(=O)=O)N2C(=O)c3cccc(NC(=O)CCCCBr)c3C2=O)ccc1OC. The number of imide groups is 1. The van der Waals surface area contributed by atoms with E-state index in [0.717, 1.165) is 22.9 Å². The Labute approximate surface area is 219 Å². The summed E-state index contributed by atoms with van der Waals surface area (Å²) in [5.74, 6) is -1.26. The van der Waals surface area contributed by atoms with Crippen LogP contribution in [0.3, 0.4) is 0 Å². The molecule has 0 spiro atoms. The molecule has 1 N–H and O–H groups in total. The summed E-state index contributed by atoms with van der Waals surface area (Å²) < 4.78 is 35.7. The zero-order valence-electron chi connectivity index (χ0n) is 20.4. The van der Waals surface area contributed by atoms with Crippen molar-refractivity contribution in [2.75, 3.05) is 36.4 Å². The maximum atomic E-state index is 13.6. The number of alkyl halides is 1. The highest BCUT2D eigenvalue weighted by Gasteiger charge is 2.43. The first-order valence-electron chi connectivity index (χ1n) is 11.5. The Morgan fingerprint density at radius 1 is 1.11 bits per heavy atom. The van der Waals surface area contributed by atoms with Crippen molar-refractivity contribution in [2.45, 2.75) is 32.2 Å². The predicted octanol–water partition coefficient (Wildman–Crippen LogP) is 3.98. The average Bonchev–Trinajstić information content (AvgIpc) is 3.08. The normalized spacial score (nSPS) is 13.9. The predicted molar refractivity (Wildman–Crippen MR) is 140 cm³/mol. The monoisotopic (exact) mass is 580 g/mol. The number of rotatable bonds is 12. The maximum Gasteiger partial charge on any atom is 0.264 e. The minimum atomic E-state index is -3.62. The molecule has 9 nitrogen and oxygen atoms in total. The number of sulfone groups is 1. The number of ether oxygens (including phenoxy) is 2. The molecule has 1 atom stereocenters. The third kappa shape index (κ3) is 6.25. The molecule has 1 aliphatic heterocycles. The molecule has 3 amide bonds. The van der Waals surface area contributed by atoms with E-state index in [1.54, 1.807) is 37.3 Å². The third-order valence-corrected chi connectivity index (χ3v) is 7.13. The summed E-state index contributed by atoms with van der Waals surface area (Å²) in [6.45, 7) is 2.13. The molecule has 11 heteroatoms. The number of unbranched alkanes of at least 4 members (excludes halogenated alkanes) is 1. The molecule has 1 unspecified atom stereocenters. The summed E-state index contributed by atoms with van der Waals surface area (Å²) in [5.41, 5.74) is 0.781. The molecule has 36 heavy (non-hydrogen) atoms. The lowest BCUT2D eigenvalue weighted by molar-refractivity contribution is -0.116. The molecule has 0 aliphatic carbocycles. The first kappa shape index (κ1) is 27.7. The van der Waals surface area contributed by atoms with Crippen LogP contribution in [-0.2, 0) is 14.6 Å². The molecule has 0 aromatic heterocycles. The van der Waals surface area contributed by atoms with Crippen molar-refractivity contribution in [3.05, 3.63) is 53.1 Å². The molecule has 194 valence electrons. The first-order chi connectivity index (χ1) is 17.1. The number of nitrogens with one attached hydrogen (secondary N) is 1. The Morgan fingerprint density at radius 3 is 2.50 bits per heavy atom. The van der Waals surface area contributed by atoms with Crippen molar-refractivity contribution >= 4 is 49.2 Å². The zero-order chi connectivity index (χ0) is 26.5. The number of benzene rings is 2. The number of hydrogen-bond acceptors (Lipinski definition) is 7. The van der Waals surface area contributed by atoms with Gasteiger partial charge in [0.1, 0.15) is 9.84 Å². The van der Waals surface area contributed by atoms with Crippen molar-refractivity contribution in [3.63, 3.8) is 0 Å². The van der Waals surface area contributed by atoms with Crippen molar-refractivity contribution in [3.8, 4) is 11.5 Å². The Kier molecular flexibility index (Phi) is 9.13. The molecule has 0 saturated heterocycles. The van der Waals surface area contributed by atoms with Gasteiger partial charge < -0.3 is 14.8 Å². The van der Waals surface area contributed by atoms with Crippen LogP contribution in [0.15, 0.2) is 36.4 Å². The van der Waals surface area contributed by atoms with Crippen LogP contribution in [0.4, 0.5) is 5.69 Å². The summed E-state index contributed by atoms with van der Waals surface area (Å²) in [5, 5.41) is 3.51. The van der Waals surface area contributed by atoms with E-state index in [1.165, 1.54) is 13.2 Å². The Balaban J connectivity index is 2.02. The zero-order valence-corrected chi connectivity index (χ0v) is 22.8. The summed E-state index contributed by atoms with van der Waals surface area (Å²) in [4.78, 5) is 40.4. The van der Waals surface area contributed by atoms with Crippen molar-refractivity contribution in [1.29, 1.82) is 0 Å². The van der Waals surface area contributed by atoms with Gasteiger partial charge in [-0.3, -0.25) is 19.3 Å². The van der Waals surface area contributed by atoms with Crippen molar-refractivity contribution in [2.24, 2.45) is 0 Å². The summed E-state index contributed by atoms with van der Waals surface area (Å²) in [6.07, 6.45) is 2.80. The standard InChI is InChI=1S/C25H29BrN2O7S/c1-4-35-21-14-16(11-12-20(21)34-2)19(15-36(3,32)33)28-24(30)17-8-7-9-18(23(17)25(28)31)27-22(29)10-5-6-13-26/h7-9,11-12,14,19H,4-6,10,13,15H2,1-3H3,(H,27,29). The van der Waals surface area contributed by atoms with Crippen LogP contribution in [0.1, 0.15) is 58.5 Å². The molecule has 0 fully saturated rings. The average molecular weight is 581 g/mol. The summed E-state index contributed by atoms with van der Waals surface area (Å²) in [6, 6.07) is 8.30. The fourth-order valence-electron chi connectivity index (χ4n) is 4.06. The van der Waals surface area contributed by atoms with E-state index in [1.807, 2.05) is 0 Å². The molecule has 0 saturated carbocycles. The molecule has 3 rings (SSSR count). The highest BCUT2D eigenvalue weighted by molar-refractivity contribution is 9.09. The number of nitrogens with zero attached hydrogens (tertiary/aromatic N) is 1. The van der Waals surface area contributed by atoms with Gasteiger partial charge in [-0.15, -0.1) is 0 Å². The second-order valence-corrected chi connectivity index (χ2v) is 11.3. The van der Waals surface area contributed by atoms with Crippen molar-refractivity contribution in [1.82, 2.24) is 4.90 Å². The molecule has 2 aromatic rings. The summed E-state index contributed by atoms with van der Waals surface area (Å²) in [7, 11) is -2.14. The van der Waals surface area contributed by atoms with Gasteiger partial charge in [0.05, 0.1) is 42.3 Å². The van der Waals surface area contributed by atoms with Gasteiger partial charge >= 0.3 is 0 Å². The number of fused-ring (bicyclic) bond motifs is 1. The highest BCUT2D eigenvalue weighted by Crippen LogP contribution is 2.38. The second kappa shape index (κ2) is 11.9. The van der Waals surface area contributed by atoms with Gasteiger partial charge in [-0.05, 0) is 49.6 Å². The van der Waals surface area contributed by atoms with Crippen LogP contribution in [0.25, 0.3) is 0 Å². The van der Waals surface area contributed by atoms with E-state index >= 15 is 0 Å². The lowest BCUT2D eigenvalue weighted by Crippen LogP contribution is -2.37. The van der Waals surface area contributed by atoms with Crippen molar-refractivity contribution < 1.29 is 32.3 Å². The first-order valence-corrected chi connectivity index (χ1v) is 14.6. The lowest BCUT2D eigenvalue weighted by atomic mass is 10.1. The minimum Gasteiger partial charge on any atom is -0.493 e. The lowest BCUT2D eigenvalue weighted by Gasteiger charge is -2.27. The quantitative estimate of drug-likeness (QED) is 0.229. The van der Waals surface area contributed by atoms with Gasteiger partial charge in [0, 0.05) is 18.0 Å². The van der Waals surface area contributed by atoms with Crippen LogP contribution in [0, 0.1) is 0 Å². The van der Waals surface area contributed by atoms with Gasteiger partial charge in [0.2, 0.25) is 5.91 Å². The number of halogens is 1. The number of anilines is 1. The fraction of sp³-hybridized carbons (Fsp3) is 0.400. The molecule has 2 aromatic carbocycles. The van der Waals surface area contributed by atoms with Crippen LogP contribution >= 0.6 is 15.9 Å². The van der Waals surface area contributed by atoms with Gasteiger partial charge in [-0.2, -0.15) is 0 Å². The number of methoxy groups -OCH3 is 1. The van der Waals surface area contributed by atoms with Gasteiger partial charge in [0.25, 0.3) is 11.8 Å². The number of carbonyl (C=O) groups is 3. The molecule has 0 radical (unpaired) electrons. The highest BCUT2D eigenvalue weighted by atomic mass is 79.9. The van der Waals surface area contributed by atoms with E-state index in [2.05, 4.69) is 21.2 Å². The van der Waals surface area contributed by atoms with Gasteiger partial charge in [-0.25, -0.2) is 8.42 Å². The van der Waals surface area contributed by atoms with E-state index in [4.69, 9.17) is 9.47 Å². The number of amides is 3. The fourth-order valence-corrected chi connectivity index (χ4v) is 5.37. The van der Waals surface area contributed by atoms with E-state index in [9.17, 15) is 22.8 Å². The smallest absolute Gasteiger partial charge is 0.264 e. The van der Waals surface area contributed by atoms with Crippen LogP contribution < -0.4 is 14.8 Å². The van der Waals surface area contributed by atoms with E-state index < -0.39 is 33.4 Å². The van der Waals surface area contributed by atoms with Crippen LogP contribution in [-0.4, -0.2) is 62.1 Å². The maximum absolute atomic E-state index is 13.6. The van der Waals surface area contributed by atoms with Gasteiger partial charge in [0.15, 0.2) is 11.5 Å².